The van der Waals surface area contributed by atoms with Gasteiger partial charge in [0.15, 0.2) is 0 Å². The molecule has 0 amide bonds. The first-order chi connectivity index (χ1) is 8.18. The number of anilines is 1. The molecule has 0 saturated heterocycles. The first-order valence-electron chi connectivity index (χ1n) is 5.83. The van der Waals surface area contributed by atoms with Crippen molar-refractivity contribution in [3.8, 4) is 0 Å². The number of halogens is 1. The van der Waals surface area contributed by atoms with Crippen molar-refractivity contribution < 1.29 is 9.90 Å². The highest BCUT2D eigenvalue weighted by Gasteiger charge is 2.65. The summed E-state index contributed by atoms with van der Waals surface area (Å²) in [5.41, 5.74) is 0.403. The Balaban J connectivity index is 2.22. The van der Waals surface area contributed by atoms with Crippen LogP contribution in [0.3, 0.4) is 0 Å². The summed E-state index contributed by atoms with van der Waals surface area (Å²) in [5.74, 6) is -0.486. The Hall–Kier alpha value is -1.29. The largest absolute Gasteiger partial charge is 0.478 e. The molecule has 18 heavy (non-hydrogen) atoms. The number of carbonyl (C=O) groups is 1. The van der Waals surface area contributed by atoms with Crippen molar-refractivity contribution in [1.29, 1.82) is 0 Å². The van der Waals surface area contributed by atoms with Crippen LogP contribution in [-0.2, 0) is 0 Å². The lowest BCUT2D eigenvalue weighted by Crippen LogP contribution is -2.12. The summed E-state index contributed by atoms with van der Waals surface area (Å²) < 4.78 is 0. The molecular formula is C13H17ClN2O2. The second kappa shape index (κ2) is 3.85. The average Bonchev–Trinajstić information content (AvgIpc) is 2.63. The number of nitrogens with zero attached hydrogens (tertiary/aromatic N) is 1. The van der Waals surface area contributed by atoms with Crippen molar-refractivity contribution in [3.05, 3.63) is 22.8 Å². The first-order valence-corrected chi connectivity index (χ1v) is 6.21. The third kappa shape index (κ3) is 1.85. The van der Waals surface area contributed by atoms with Gasteiger partial charge in [0.05, 0.1) is 10.6 Å². The summed E-state index contributed by atoms with van der Waals surface area (Å²) in [6, 6.07) is 1.76. The summed E-state index contributed by atoms with van der Waals surface area (Å²) in [7, 11) is 0. The Morgan fingerprint density at radius 3 is 2.39 bits per heavy atom. The van der Waals surface area contributed by atoms with Gasteiger partial charge in [-0.05, 0) is 16.9 Å². The number of pyridine rings is 1. The maximum absolute atomic E-state index is 11.0. The minimum Gasteiger partial charge on any atom is -0.478 e. The number of aromatic nitrogens is 1. The SMILES string of the molecule is CC1(C)C(Nc2cc(C(=O)O)c(Cl)cn2)C1(C)C. The quantitative estimate of drug-likeness (QED) is 0.883. The lowest BCUT2D eigenvalue weighted by molar-refractivity contribution is 0.0697. The van der Waals surface area contributed by atoms with Gasteiger partial charge in [-0.15, -0.1) is 0 Å². The van der Waals surface area contributed by atoms with Gasteiger partial charge in [-0.1, -0.05) is 39.3 Å². The van der Waals surface area contributed by atoms with Crippen LogP contribution < -0.4 is 5.32 Å². The molecule has 4 nitrogen and oxygen atoms in total. The van der Waals surface area contributed by atoms with Gasteiger partial charge in [0.25, 0.3) is 0 Å². The molecule has 1 aliphatic carbocycles. The molecule has 0 unspecified atom stereocenters. The number of nitrogens with one attached hydrogen (secondary N) is 1. The second-order valence-electron chi connectivity index (χ2n) is 5.88. The molecular weight excluding hydrogens is 252 g/mol. The van der Waals surface area contributed by atoms with Crippen LogP contribution in [0.1, 0.15) is 38.1 Å². The molecule has 1 saturated carbocycles. The minimum absolute atomic E-state index is 0.0745. The van der Waals surface area contributed by atoms with E-state index < -0.39 is 5.97 Å². The molecule has 1 aromatic rings. The standard InChI is InChI=1S/C13H17ClN2O2/c1-12(2)11(13(12,3)4)16-9-5-7(10(17)18)8(14)6-15-9/h5-6,11H,1-4H3,(H,15,16)(H,17,18). The van der Waals surface area contributed by atoms with Gasteiger partial charge < -0.3 is 10.4 Å². The predicted molar refractivity (Wildman–Crippen MR) is 71.2 cm³/mol. The van der Waals surface area contributed by atoms with Gasteiger partial charge in [0.2, 0.25) is 0 Å². The smallest absolute Gasteiger partial charge is 0.337 e. The predicted octanol–water partition coefficient (Wildman–Crippen LogP) is 3.28. The van der Waals surface area contributed by atoms with E-state index >= 15 is 0 Å². The van der Waals surface area contributed by atoms with E-state index in [1.165, 1.54) is 12.3 Å². The van der Waals surface area contributed by atoms with Crippen LogP contribution in [0.25, 0.3) is 0 Å². The van der Waals surface area contributed by atoms with Crippen molar-refractivity contribution in [1.82, 2.24) is 4.98 Å². The van der Waals surface area contributed by atoms with Crippen LogP contribution in [0, 0.1) is 10.8 Å². The van der Waals surface area contributed by atoms with E-state index in [-0.39, 0.29) is 27.5 Å². The first kappa shape index (κ1) is 13.1. The number of hydrogen-bond donors (Lipinski definition) is 2. The summed E-state index contributed by atoms with van der Waals surface area (Å²) in [6.07, 6.45) is 1.37. The second-order valence-corrected chi connectivity index (χ2v) is 6.28. The fourth-order valence-corrected chi connectivity index (χ4v) is 2.57. The van der Waals surface area contributed by atoms with Gasteiger partial charge in [0, 0.05) is 12.2 Å². The normalized spacial score (nSPS) is 20.5. The van der Waals surface area contributed by atoms with Gasteiger partial charge >= 0.3 is 5.97 Å². The van der Waals surface area contributed by atoms with Gasteiger partial charge in [-0.2, -0.15) is 0 Å². The molecule has 0 aromatic carbocycles. The monoisotopic (exact) mass is 268 g/mol. The molecule has 1 heterocycles. The fraction of sp³-hybridized carbons (Fsp3) is 0.538. The Morgan fingerprint density at radius 1 is 1.39 bits per heavy atom. The van der Waals surface area contributed by atoms with E-state index in [4.69, 9.17) is 16.7 Å². The number of rotatable bonds is 3. The molecule has 0 aliphatic heterocycles. The zero-order valence-electron chi connectivity index (χ0n) is 10.9. The lowest BCUT2D eigenvalue weighted by atomic mass is 10.0. The summed E-state index contributed by atoms with van der Waals surface area (Å²) in [5, 5.41) is 12.4. The Labute approximate surface area is 111 Å². The van der Waals surface area contributed by atoms with Crippen molar-refractivity contribution >= 4 is 23.4 Å². The number of carboxylic acid groups (broad SMARTS) is 1. The van der Waals surface area contributed by atoms with Crippen molar-refractivity contribution in [2.45, 2.75) is 33.7 Å². The molecule has 0 spiro atoms. The number of hydrogen-bond acceptors (Lipinski definition) is 3. The van der Waals surface area contributed by atoms with E-state index in [9.17, 15) is 4.79 Å². The van der Waals surface area contributed by atoms with Crippen LogP contribution in [0.5, 0.6) is 0 Å². The van der Waals surface area contributed by atoms with E-state index in [1.807, 2.05) is 0 Å². The van der Waals surface area contributed by atoms with Crippen LogP contribution >= 0.6 is 11.6 Å². The zero-order valence-corrected chi connectivity index (χ0v) is 11.7. The molecule has 0 bridgehead atoms. The number of carboxylic acids is 1. The third-order valence-electron chi connectivity index (χ3n) is 4.40. The Morgan fingerprint density at radius 2 is 1.94 bits per heavy atom. The van der Waals surface area contributed by atoms with E-state index in [1.54, 1.807) is 0 Å². The number of aromatic carboxylic acids is 1. The summed E-state index contributed by atoms with van der Waals surface area (Å²) >= 11 is 5.78. The van der Waals surface area contributed by atoms with Crippen molar-refractivity contribution in [2.75, 3.05) is 5.32 Å². The van der Waals surface area contributed by atoms with Gasteiger partial charge in [-0.25, -0.2) is 9.78 Å². The van der Waals surface area contributed by atoms with Gasteiger partial charge in [-0.3, -0.25) is 0 Å². The minimum atomic E-state index is -1.04. The molecule has 5 heteroatoms. The van der Waals surface area contributed by atoms with Gasteiger partial charge in [0.1, 0.15) is 5.82 Å². The Kier molecular flexibility index (Phi) is 2.81. The molecule has 0 atom stereocenters. The highest BCUT2D eigenvalue weighted by atomic mass is 35.5. The van der Waals surface area contributed by atoms with Crippen LogP contribution in [0.15, 0.2) is 12.3 Å². The summed E-state index contributed by atoms with van der Waals surface area (Å²) in [4.78, 5) is 15.1. The maximum atomic E-state index is 11.0. The Bertz CT molecular complexity index is 498. The molecule has 1 aliphatic rings. The van der Waals surface area contributed by atoms with Crippen molar-refractivity contribution in [2.24, 2.45) is 10.8 Å². The van der Waals surface area contributed by atoms with Crippen LogP contribution in [0.4, 0.5) is 5.82 Å². The maximum Gasteiger partial charge on any atom is 0.337 e. The molecule has 2 rings (SSSR count). The van der Waals surface area contributed by atoms with Crippen LogP contribution in [-0.4, -0.2) is 22.1 Å². The average molecular weight is 269 g/mol. The molecule has 2 N–H and O–H groups in total. The third-order valence-corrected chi connectivity index (χ3v) is 4.70. The van der Waals surface area contributed by atoms with Crippen molar-refractivity contribution in [3.63, 3.8) is 0 Å². The van der Waals surface area contributed by atoms with E-state index in [0.717, 1.165) is 0 Å². The fourth-order valence-electron chi connectivity index (χ4n) is 2.39. The molecule has 98 valence electrons. The topological polar surface area (TPSA) is 62.2 Å². The molecule has 0 radical (unpaired) electrons. The van der Waals surface area contributed by atoms with E-state index in [2.05, 4.69) is 38.0 Å². The van der Waals surface area contributed by atoms with E-state index in [0.29, 0.717) is 5.82 Å². The zero-order chi connectivity index (χ0) is 13.7. The molecule has 1 fully saturated rings. The molecule has 1 aromatic heterocycles. The lowest BCUT2D eigenvalue weighted by Gasteiger charge is -2.08. The van der Waals surface area contributed by atoms with Crippen LogP contribution in [0.2, 0.25) is 5.02 Å². The highest BCUT2D eigenvalue weighted by molar-refractivity contribution is 6.33. The summed E-state index contributed by atoms with van der Waals surface area (Å²) in [6.45, 7) is 8.72. The highest BCUT2D eigenvalue weighted by Crippen LogP contribution is 2.63.